The Morgan fingerprint density at radius 1 is 1.31 bits per heavy atom. The van der Waals surface area contributed by atoms with Crippen LogP contribution in [-0.2, 0) is 6.42 Å². The van der Waals surface area contributed by atoms with Gasteiger partial charge in [0.2, 0.25) is 0 Å². The summed E-state index contributed by atoms with van der Waals surface area (Å²) >= 11 is 0. The van der Waals surface area contributed by atoms with Crippen molar-refractivity contribution in [2.75, 3.05) is 0 Å². The molecule has 0 aliphatic heterocycles. The Morgan fingerprint density at radius 3 is 2.94 bits per heavy atom. The van der Waals surface area contributed by atoms with Gasteiger partial charge in [-0.25, -0.2) is 4.98 Å². The molecular formula is C13H14N2O. The molecule has 2 rings (SSSR count). The molecule has 16 heavy (non-hydrogen) atoms. The molecule has 0 spiro atoms. The average Bonchev–Trinajstić information content (AvgIpc) is 2.30. The van der Waals surface area contributed by atoms with E-state index in [1.54, 1.807) is 0 Å². The third-order valence-corrected chi connectivity index (χ3v) is 2.44. The Balaban J connectivity index is 2.40. The number of rotatable bonds is 3. The summed E-state index contributed by atoms with van der Waals surface area (Å²) in [6.07, 6.45) is 3.60. The zero-order valence-electron chi connectivity index (χ0n) is 9.23. The number of nitrogens with zero attached hydrogens (tertiary/aromatic N) is 1. The van der Waals surface area contributed by atoms with E-state index in [1.165, 1.54) is 18.0 Å². The number of hydrogen-bond donors (Lipinski definition) is 1. The minimum absolute atomic E-state index is 0.120. The number of aromatic amines is 1. The number of aryl methyl sites for hydroxylation is 1. The summed E-state index contributed by atoms with van der Waals surface area (Å²) in [5.41, 5.74) is 2.88. The van der Waals surface area contributed by atoms with Crippen LogP contribution in [0.5, 0.6) is 0 Å². The van der Waals surface area contributed by atoms with Gasteiger partial charge in [0.15, 0.2) is 0 Å². The van der Waals surface area contributed by atoms with Gasteiger partial charge >= 0.3 is 0 Å². The van der Waals surface area contributed by atoms with E-state index in [9.17, 15) is 4.79 Å². The molecule has 0 bridgehead atoms. The van der Waals surface area contributed by atoms with Crippen LogP contribution in [-0.4, -0.2) is 9.97 Å². The summed E-state index contributed by atoms with van der Waals surface area (Å²) in [7, 11) is 0. The molecule has 0 fully saturated rings. The van der Waals surface area contributed by atoms with Crippen molar-refractivity contribution in [1.82, 2.24) is 9.97 Å². The third kappa shape index (κ3) is 2.37. The van der Waals surface area contributed by atoms with Crippen molar-refractivity contribution in [2.24, 2.45) is 0 Å². The molecule has 1 aromatic heterocycles. The first-order valence-electron chi connectivity index (χ1n) is 5.43. The molecule has 0 saturated carbocycles. The zero-order chi connectivity index (χ0) is 11.4. The van der Waals surface area contributed by atoms with Crippen molar-refractivity contribution in [3.05, 3.63) is 52.6 Å². The lowest BCUT2D eigenvalue weighted by Crippen LogP contribution is -2.04. The summed E-state index contributed by atoms with van der Waals surface area (Å²) in [4.78, 5) is 17.8. The Kier molecular flexibility index (Phi) is 3.15. The molecule has 0 saturated heterocycles. The van der Waals surface area contributed by atoms with Gasteiger partial charge in [-0.3, -0.25) is 4.79 Å². The molecule has 3 heteroatoms. The SMILES string of the molecule is CCCc1cccc(-c2cc(=O)[nH]cn2)c1. The molecule has 0 aliphatic rings. The standard InChI is InChI=1S/C13H14N2O/c1-2-4-10-5-3-6-11(7-10)12-8-13(16)15-9-14-12/h3,5-9H,2,4H2,1H3,(H,14,15,16). The van der Waals surface area contributed by atoms with E-state index in [4.69, 9.17) is 0 Å². The van der Waals surface area contributed by atoms with Gasteiger partial charge in [0, 0.05) is 11.6 Å². The molecule has 3 nitrogen and oxygen atoms in total. The number of benzene rings is 1. The van der Waals surface area contributed by atoms with E-state index in [0.29, 0.717) is 0 Å². The van der Waals surface area contributed by atoms with Crippen molar-refractivity contribution >= 4 is 0 Å². The minimum Gasteiger partial charge on any atom is -0.313 e. The van der Waals surface area contributed by atoms with E-state index in [1.807, 2.05) is 12.1 Å². The monoisotopic (exact) mass is 214 g/mol. The van der Waals surface area contributed by atoms with Crippen molar-refractivity contribution < 1.29 is 0 Å². The maximum absolute atomic E-state index is 11.2. The fourth-order valence-corrected chi connectivity index (χ4v) is 1.70. The van der Waals surface area contributed by atoms with Crippen LogP contribution in [0.1, 0.15) is 18.9 Å². The fraction of sp³-hybridized carbons (Fsp3) is 0.231. The van der Waals surface area contributed by atoms with Crippen LogP contribution in [0, 0.1) is 0 Å². The highest BCUT2D eigenvalue weighted by molar-refractivity contribution is 5.59. The Bertz CT molecular complexity index is 531. The van der Waals surface area contributed by atoms with Crippen molar-refractivity contribution in [2.45, 2.75) is 19.8 Å². The molecule has 1 heterocycles. The Morgan fingerprint density at radius 2 is 2.19 bits per heavy atom. The fourth-order valence-electron chi connectivity index (χ4n) is 1.70. The normalized spacial score (nSPS) is 10.3. The van der Waals surface area contributed by atoms with Gasteiger partial charge in [-0.05, 0) is 18.1 Å². The number of nitrogens with one attached hydrogen (secondary N) is 1. The van der Waals surface area contributed by atoms with Crippen LogP contribution in [0.25, 0.3) is 11.3 Å². The Labute approximate surface area is 94.2 Å². The van der Waals surface area contributed by atoms with Crippen LogP contribution in [0.3, 0.4) is 0 Å². The lowest BCUT2D eigenvalue weighted by molar-refractivity contribution is 0.922. The van der Waals surface area contributed by atoms with Gasteiger partial charge in [-0.1, -0.05) is 31.5 Å². The predicted octanol–water partition coefficient (Wildman–Crippen LogP) is 2.39. The van der Waals surface area contributed by atoms with Gasteiger partial charge in [0.25, 0.3) is 5.56 Å². The first-order valence-corrected chi connectivity index (χ1v) is 5.43. The largest absolute Gasteiger partial charge is 0.313 e. The Hall–Kier alpha value is -1.90. The summed E-state index contributed by atoms with van der Waals surface area (Å²) < 4.78 is 0. The van der Waals surface area contributed by atoms with Crippen LogP contribution in [0.4, 0.5) is 0 Å². The van der Waals surface area contributed by atoms with Gasteiger partial charge in [0.1, 0.15) is 0 Å². The van der Waals surface area contributed by atoms with Crippen LogP contribution in [0.15, 0.2) is 41.5 Å². The average molecular weight is 214 g/mol. The second-order valence-corrected chi connectivity index (χ2v) is 3.75. The summed E-state index contributed by atoms with van der Waals surface area (Å²) in [5.74, 6) is 0. The summed E-state index contributed by atoms with van der Waals surface area (Å²) in [6, 6.07) is 9.68. The summed E-state index contributed by atoms with van der Waals surface area (Å²) in [5, 5.41) is 0. The molecule has 1 N–H and O–H groups in total. The van der Waals surface area contributed by atoms with Gasteiger partial charge in [-0.15, -0.1) is 0 Å². The second kappa shape index (κ2) is 4.75. The smallest absolute Gasteiger partial charge is 0.251 e. The lowest BCUT2D eigenvalue weighted by atomic mass is 10.0. The van der Waals surface area contributed by atoms with Gasteiger partial charge in [-0.2, -0.15) is 0 Å². The van der Waals surface area contributed by atoms with Gasteiger partial charge < -0.3 is 4.98 Å². The first-order chi connectivity index (χ1) is 7.79. The maximum atomic E-state index is 11.2. The molecule has 0 amide bonds. The van der Waals surface area contributed by atoms with Crippen LogP contribution < -0.4 is 5.56 Å². The number of H-pyrrole nitrogens is 1. The second-order valence-electron chi connectivity index (χ2n) is 3.75. The number of aromatic nitrogens is 2. The highest BCUT2D eigenvalue weighted by atomic mass is 16.1. The third-order valence-electron chi connectivity index (χ3n) is 2.44. The van der Waals surface area contributed by atoms with Crippen molar-refractivity contribution in [3.63, 3.8) is 0 Å². The molecule has 0 aliphatic carbocycles. The lowest BCUT2D eigenvalue weighted by Gasteiger charge is -2.03. The molecular weight excluding hydrogens is 200 g/mol. The first kappa shape index (κ1) is 10.6. The van der Waals surface area contributed by atoms with E-state index in [0.717, 1.165) is 24.1 Å². The van der Waals surface area contributed by atoms with E-state index >= 15 is 0 Å². The van der Waals surface area contributed by atoms with Crippen molar-refractivity contribution in [3.8, 4) is 11.3 Å². The predicted molar refractivity (Wildman–Crippen MR) is 64.3 cm³/mol. The quantitative estimate of drug-likeness (QED) is 0.852. The molecule has 82 valence electrons. The van der Waals surface area contributed by atoms with E-state index in [-0.39, 0.29) is 5.56 Å². The minimum atomic E-state index is -0.120. The van der Waals surface area contributed by atoms with Crippen LogP contribution >= 0.6 is 0 Å². The number of hydrogen-bond acceptors (Lipinski definition) is 2. The molecule has 0 radical (unpaired) electrons. The molecule has 0 unspecified atom stereocenters. The topological polar surface area (TPSA) is 45.8 Å². The summed E-state index contributed by atoms with van der Waals surface area (Å²) in [6.45, 7) is 2.15. The zero-order valence-corrected chi connectivity index (χ0v) is 9.23. The van der Waals surface area contributed by atoms with E-state index < -0.39 is 0 Å². The molecule has 1 aromatic carbocycles. The highest BCUT2D eigenvalue weighted by Gasteiger charge is 2.00. The van der Waals surface area contributed by atoms with Gasteiger partial charge in [0.05, 0.1) is 12.0 Å². The maximum Gasteiger partial charge on any atom is 0.251 e. The van der Waals surface area contributed by atoms with E-state index in [2.05, 4.69) is 29.0 Å². The van der Waals surface area contributed by atoms with Crippen LogP contribution in [0.2, 0.25) is 0 Å². The van der Waals surface area contributed by atoms with Crippen molar-refractivity contribution in [1.29, 1.82) is 0 Å². The molecule has 2 aromatic rings. The molecule has 0 atom stereocenters. The highest BCUT2D eigenvalue weighted by Crippen LogP contribution is 2.17.